The molecule has 146 valence electrons. The van der Waals surface area contributed by atoms with Crippen molar-refractivity contribution in [2.24, 2.45) is 5.92 Å². The predicted octanol–water partition coefficient (Wildman–Crippen LogP) is 3.99. The van der Waals surface area contributed by atoms with Crippen molar-refractivity contribution < 1.29 is 9.53 Å². The number of carbonyl (C=O) groups is 1. The molecular formula is C21H33ClN2O2. The number of piperidine rings is 1. The lowest BCUT2D eigenvalue weighted by atomic mass is 9.98. The van der Waals surface area contributed by atoms with E-state index in [1.54, 1.807) is 0 Å². The van der Waals surface area contributed by atoms with Crippen molar-refractivity contribution in [1.82, 2.24) is 10.2 Å². The van der Waals surface area contributed by atoms with Crippen molar-refractivity contribution in [2.75, 3.05) is 26.2 Å². The SMILES string of the molecule is CCC(C)c1ccccc1OCC(=O)N1CCC(NCC2CC2)CC1.Cl. The van der Waals surface area contributed by atoms with Gasteiger partial charge in [0.05, 0.1) is 0 Å². The molecule has 0 spiro atoms. The molecule has 1 atom stereocenters. The van der Waals surface area contributed by atoms with Crippen LogP contribution in [-0.4, -0.2) is 43.1 Å². The van der Waals surface area contributed by atoms with Gasteiger partial charge in [-0.2, -0.15) is 0 Å². The van der Waals surface area contributed by atoms with Gasteiger partial charge in [0, 0.05) is 19.1 Å². The van der Waals surface area contributed by atoms with Crippen molar-refractivity contribution in [1.29, 1.82) is 0 Å². The van der Waals surface area contributed by atoms with Crippen molar-refractivity contribution in [2.45, 2.75) is 57.9 Å². The van der Waals surface area contributed by atoms with E-state index in [1.807, 2.05) is 23.1 Å². The number of nitrogens with zero attached hydrogens (tertiary/aromatic N) is 1. The second-order valence-electron chi connectivity index (χ2n) is 7.64. The van der Waals surface area contributed by atoms with Crippen LogP contribution in [0.2, 0.25) is 0 Å². The number of para-hydroxylation sites is 1. The van der Waals surface area contributed by atoms with Gasteiger partial charge in [-0.1, -0.05) is 32.0 Å². The third-order valence-corrected chi connectivity index (χ3v) is 5.65. The molecular weight excluding hydrogens is 348 g/mol. The number of benzene rings is 1. The Morgan fingerprint density at radius 1 is 1.23 bits per heavy atom. The van der Waals surface area contributed by atoms with Gasteiger partial charge in [-0.3, -0.25) is 4.79 Å². The maximum Gasteiger partial charge on any atom is 0.260 e. The first-order valence-corrected chi connectivity index (χ1v) is 9.90. The molecule has 0 aromatic heterocycles. The lowest BCUT2D eigenvalue weighted by Crippen LogP contribution is -2.46. The van der Waals surface area contributed by atoms with Crippen LogP contribution in [-0.2, 0) is 4.79 Å². The van der Waals surface area contributed by atoms with Crippen LogP contribution in [0.4, 0.5) is 0 Å². The molecule has 2 fully saturated rings. The Morgan fingerprint density at radius 2 is 1.92 bits per heavy atom. The molecule has 1 aromatic rings. The summed E-state index contributed by atoms with van der Waals surface area (Å²) in [5.41, 5.74) is 1.20. The molecule has 1 saturated carbocycles. The minimum atomic E-state index is 0. The highest BCUT2D eigenvalue weighted by atomic mass is 35.5. The number of hydrogen-bond acceptors (Lipinski definition) is 3. The number of amides is 1. The summed E-state index contributed by atoms with van der Waals surface area (Å²) in [7, 11) is 0. The van der Waals surface area contributed by atoms with Crippen LogP contribution >= 0.6 is 12.4 Å². The fourth-order valence-electron chi connectivity index (χ4n) is 3.46. The monoisotopic (exact) mass is 380 g/mol. The minimum Gasteiger partial charge on any atom is -0.483 e. The van der Waals surface area contributed by atoms with Crippen LogP contribution in [0.15, 0.2) is 24.3 Å². The van der Waals surface area contributed by atoms with E-state index in [9.17, 15) is 4.79 Å². The number of halogens is 1. The molecule has 5 heteroatoms. The van der Waals surface area contributed by atoms with Gasteiger partial charge in [0.25, 0.3) is 5.91 Å². The van der Waals surface area contributed by atoms with Gasteiger partial charge in [-0.05, 0) is 62.1 Å². The molecule has 4 nitrogen and oxygen atoms in total. The average Bonchev–Trinajstić information content (AvgIpc) is 3.49. The van der Waals surface area contributed by atoms with Gasteiger partial charge in [0.2, 0.25) is 0 Å². The van der Waals surface area contributed by atoms with Gasteiger partial charge in [0.1, 0.15) is 5.75 Å². The number of likely N-dealkylation sites (tertiary alicyclic amines) is 1. The predicted molar refractivity (Wildman–Crippen MR) is 108 cm³/mol. The van der Waals surface area contributed by atoms with Gasteiger partial charge < -0.3 is 15.0 Å². The summed E-state index contributed by atoms with van der Waals surface area (Å²) >= 11 is 0. The van der Waals surface area contributed by atoms with E-state index in [1.165, 1.54) is 18.4 Å². The Bertz CT molecular complexity index is 569. The molecule has 1 N–H and O–H groups in total. The molecule has 1 amide bonds. The summed E-state index contributed by atoms with van der Waals surface area (Å²) in [6, 6.07) is 8.67. The number of hydrogen-bond donors (Lipinski definition) is 1. The molecule has 1 aliphatic carbocycles. The molecule has 2 aliphatic rings. The van der Waals surface area contributed by atoms with E-state index in [2.05, 4.69) is 25.2 Å². The van der Waals surface area contributed by atoms with Crippen molar-refractivity contribution in [3.63, 3.8) is 0 Å². The van der Waals surface area contributed by atoms with Crippen LogP contribution < -0.4 is 10.1 Å². The number of rotatable bonds is 8. The van der Waals surface area contributed by atoms with E-state index in [0.717, 1.165) is 50.6 Å². The van der Waals surface area contributed by atoms with E-state index in [-0.39, 0.29) is 24.9 Å². The fraction of sp³-hybridized carbons (Fsp3) is 0.667. The summed E-state index contributed by atoms with van der Waals surface area (Å²) in [6.07, 6.45) is 5.96. The molecule has 26 heavy (non-hydrogen) atoms. The number of nitrogens with one attached hydrogen (secondary N) is 1. The van der Waals surface area contributed by atoms with E-state index in [0.29, 0.717) is 12.0 Å². The lowest BCUT2D eigenvalue weighted by Gasteiger charge is -2.32. The number of carbonyl (C=O) groups excluding carboxylic acids is 1. The van der Waals surface area contributed by atoms with Gasteiger partial charge >= 0.3 is 0 Å². The Kier molecular flexibility index (Phi) is 8.23. The zero-order chi connectivity index (χ0) is 17.6. The van der Waals surface area contributed by atoms with E-state index in [4.69, 9.17) is 4.74 Å². The highest BCUT2D eigenvalue weighted by Gasteiger charge is 2.26. The second kappa shape index (κ2) is 10.2. The summed E-state index contributed by atoms with van der Waals surface area (Å²) in [5.74, 6) is 2.32. The first-order chi connectivity index (χ1) is 12.2. The number of ether oxygens (including phenoxy) is 1. The van der Waals surface area contributed by atoms with Crippen molar-refractivity contribution in [3.05, 3.63) is 29.8 Å². The summed E-state index contributed by atoms with van der Waals surface area (Å²) in [6.45, 7) is 7.37. The van der Waals surface area contributed by atoms with Crippen LogP contribution in [0.25, 0.3) is 0 Å². The molecule has 1 saturated heterocycles. The van der Waals surface area contributed by atoms with Crippen molar-refractivity contribution >= 4 is 18.3 Å². The Balaban J connectivity index is 0.00000243. The molecule has 0 radical (unpaired) electrons. The summed E-state index contributed by atoms with van der Waals surface area (Å²) < 4.78 is 5.88. The highest BCUT2D eigenvalue weighted by Crippen LogP contribution is 2.29. The lowest BCUT2D eigenvalue weighted by molar-refractivity contribution is -0.134. The van der Waals surface area contributed by atoms with Crippen LogP contribution in [0.3, 0.4) is 0 Å². The Morgan fingerprint density at radius 3 is 2.58 bits per heavy atom. The van der Waals surface area contributed by atoms with Gasteiger partial charge in [-0.15, -0.1) is 12.4 Å². The largest absolute Gasteiger partial charge is 0.483 e. The Labute approximate surface area is 164 Å². The molecule has 1 aromatic carbocycles. The maximum absolute atomic E-state index is 12.5. The fourth-order valence-corrected chi connectivity index (χ4v) is 3.46. The molecule has 3 rings (SSSR count). The van der Waals surface area contributed by atoms with Crippen LogP contribution in [0.1, 0.15) is 57.4 Å². The zero-order valence-electron chi connectivity index (χ0n) is 16.1. The van der Waals surface area contributed by atoms with E-state index < -0.39 is 0 Å². The van der Waals surface area contributed by atoms with E-state index >= 15 is 0 Å². The quantitative estimate of drug-likeness (QED) is 0.741. The van der Waals surface area contributed by atoms with Crippen LogP contribution in [0.5, 0.6) is 5.75 Å². The van der Waals surface area contributed by atoms with Gasteiger partial charge in [-0.25, -0.2) is 0 Å². The first-order valence-electron chi connectivity index (χ1n) is 9.90. The summed E-state index contributed by atoms with van der Waals surface area (Å²) in [5, 5.41) is 3.66. The highest BCUT2D eigenvalue weighted by molar-refractivity contribution is 5.85. The third kappa shape index (κ3) is 5.88. The Hall–Kier alpha value is -1.26. The standard InChI is InChI=1S/C21H32N2O2.ClH/c1-3-16(2)19-6-4-5-7-20(19)25-15-21(24)23-12-10-18(11-13-23)22-14-17-8-9-17;/h4-7,16-18,22H,3,8-15H2,1-2H3;1H. The topological polar surface area (TPSA) is 41.6 Å². The maximum atomic E-state index is 12.5. The van der Waals surface area contributed by atoms with Gasteiger partial charge in [0.15, 0.2) is 6.61 Å². The minimum absolute atomic E-state index is 0. The zero-order valence-corrected chi connectivity index (χ0v) is 16.9. The molecule has 1 unspecified atom stereocenters. The second-order valence-corrected chi connectivity index (χ2v) is 7.64. The molecule has 1 aliphatic heterocycles. The smallest absolute Gasteiger partial charge is 0.260 e. The third-order valence-electron chi connectivity index (χ3n) is 5.65. The average molecular weight is 381 g/mol. The summed E-state index contributed by atoms with van der Waals surface area (Å²) in [4.78, 5) is 14.4. The normalized spacial score (nSPS) is 18.9. The first kappa shape index (κ1) is 21.0. The van der Waals surface area contributed by atoms with Crippen LogP contribution in [0, 0.1) is 5.92 Å². The van der Waals surface area contributed by atoms with Crippen molar-refractivity contribution in [3.8, 4) is 5.75 Å². The molecule has 0 bridgehead atoms. The molecule has 1 heterocycles.